The van der Waals surface area contributed by atoms with E-state index in [9.17, 15) is 4.79 Å². The maximum Gasteiger partial charge on any atom is 0.253 e. The fourth-order valence-electron chi connectivity index (χ4n) is 2.67. The summed E-state index contributed by atoms with van der Waals surface area (Å²) in [5.41, 5.74) is 3.95. The summed E-state index contributed by atoms with van der Waals surface area (Å²) < 4.78 is 0. The van der Waals surface area contributed by atoms with Gasteiger partial charge in [-0.3, -0.25) is 4.79 Å². The third kappa shape index (κ3) is 3.05. The van der Waals surface area contributed by atoms with E-state index in [-0.39, 0.29) is 5.91 Å². The first-order chi connectivity index (χ1) is 11.8. The molecule has 0 bridgehead atoms. The van der Waals surface area contributed by atoms with Crippen molar-refractivity contribution < 1.29 is 4.79 Å². The molecule has 0 unspecified atom stereocenters. The molecule has 24 heavy (non-hydrogen) atoms. The molecule has 0 fully saturated rings. The lowest BCUT2D eigenvalue weighted by molar-refractivity contribution is -0.127. The first-order valence-corrected chi connectivity index (χ1v) is 8.79. The number of nitrogens with zero attached hydrogens (tertiary/aromatic N) is 3. The number of hydrogen-bond acceptors (Lipinski definition) is 4. The second kappa shape index (κ2) is 6.49. The van der Waals surface area contributed by atoms with E-state index in [1.807, 2.05) is 54.6 Å². The lowest BCUT2D eigenvalue weighted by atomic mass is 10.1. The number of hydrazone groups is 1. The number of thioether (sulfide) groups is 1. The third-order valence-electron chi connectivity index (χ3n) is 3.90. The third-order valence-corrected chi connectivity index (χ3v) is 4.75. The van der Waals surface area contributed by atoms with Crippen molar-refractivity contribution in [1.29, 1.82) is 0 Å². The van der Waals surface area contributed by atoms with Crippen molar-refractivity contribution in [2.24, 2.45) is 5.10 Å². The molecule has 1 aliphatic heterocycles. The average molecular weight is 336 g/mol. The van der Waals surface area contributed by atoms with Gasteiger partial charge in [0, 0.05) is 6.42 Å². The molecule has 2 heterocycles. The van der Waals surface area contributed by atoms with Gasteiger partial charge in [0.1, 0.15) is 0 Å². The van der Waals surface area contributed by atoms with Crippen molar-refractivity contribution in [3.8, 4) is 0 Å². The number of aromatic nitrogens is 2. The van der Waals surface area contributed by atoms with Crippen molar-refractivity contribution in [1.82, 2.24) is 15.0 Å². The minimum Gasteiger partial charge on any atom is -0.333 e. The van der Waals surface area contributed by atoms with Crippen LogP contribution in [0.5, 0.6) is 0 Å². The highest BCUT2D eigenvalue weighted by Gasteiger charge is 2.21. The van der Waals surface area contributed by atoms with Gasteiger partial charge < -0.3 is 4.98 Å². The number of carbonyl (C=O) groups excluding carboxylic acids is 1. The smallest absolute Gasteiger partial charge is 0.253 e. The van der Waals surface area contributed by atoms with Gasteiger partial charge in [0.2, 0.25) is 0 Å². The van der Waals surface area contributed by atoms with Crippen LogP contribution in [0.2, 0.25) is 0 Å². The van der Waals surface area contributed by atoms with Crippen molar-refractivity contribution in [2.75, 3.05) is 12.3 Å². The molecule has 6 heteroatoms. The number of fused-ring (bicyclic) bond motifs is 1. The van der Waals surface area contributed by atoms with Gasteiger partial charge in [-0.15, -0.1) is 0 Å². The van der Waals surface area contributed by atoms with Crippen LogP contribution >= 0.6 is 11.8 Å². The Morgan fingerprint density at radius 1 is 1.12 bits per heavy atom. The van der Waals surface area contributed by atoms with Gasteiger partial charge in [0.05, 0.1) is 29.0 Å². The van der Waals surface area contributed by atoms with Crippen molar-refractivity contribution in [2.45, 2.75) is 11.6 Å². The number of benzene rings is 2. The van der Waals surface area contributed by atoms with E-state index < -0.39 is 0 Å². The van der Waals surface area contributed by atoms with Crippen molar-refractivity contribution in [3.63, 3.8) is 0 Å². The van der Waals surface area contributed by atoms with Crippen LogP contribution in [0.15, 0.2) is 64.9 Å². The summed E-state index contributed by atoms with van der Waals surface area (Å²) in [6.07, 6.45) is 0.797. The summed E-state index contributed by atoms with van der Waals surface area (Å²) in [5, 5.41) is 6.80. The fourth-order valence-corrected chi connectivity index (χ4v) is 3.43. The number of imidazole rings is 1. The molecule has 0 spiro atoms. The van der Waals surface area contributed by atoms with Crippen LogP contribution in [0.4, 0.5) is 0 Å². The molecule has 1 amide bonds. The highest BCUT2D eigenvalue weighted by atomic mass is 32.2. The van der Waals surface area contributed by atoms with Gasteiger partial charge in [-0.1, -0.05) is 54.2 Å². The van der Waals surface area contributed by atoms with E-state index in [4.69, 9.17) is 0 Å². The highest BCUT2D eigenvalue weighted by molar-refractivity contribution is 7.99. The molecule has 4 rings (SSSR count). The Hall–Kier alpha value is -2.60. The molecule has 2 aromatic carbocycles. The average Bonchev–Trinajstić information content (AvgIpc) is 3.27. The summed E-state index contributed by atoms with van der Waals surface area (Å²) >= 11 is 1.41. The summed E-state index contributed by atoms with van der Waals surface area (Å²) in [6, 6.07) is 17.8. The Bertz CT molecular complexity index is 871. The Morgan fingerprint density at radius 3 is 2.75 bits per heavy atom. The van der Waals surface area contributed by atoms with Gasteiger partial charge in [0.15, 0.2) is 5.16 Å². The zero-order chi connectivity index (χ0) is 16.4. The molecule has 1 N–H and O–H groups in total. The molecule has 120 valence electrons. The predicted molar refractivity (Wildman–Crippen MR) is 96.1 cm³/mol. The van der Waals surface area contributed by atoms with Gasteiger partial charge in [-0.05, 0) is 17.7 Å². The summed E-state index contributed by atoms with van der Waals surface area (Å²) in [4.78, 5) is 20.1. The number of amides is 1. The normalized spacial score (nSPS) is 14.2. The standard InChI is InChI=1S/C18H16N4OS/c23-17(12-24-18-19-15-8-4-5-9-16(15)20-18)22-11-10-14(21-22)13-6-2-1-3-7-13/h1-9H,10-12H2,(H,19,20). The zero-order valence-corrected chi connectivity index (χ0v) is 13.8. The van der Waals surface area contributed by atoms with Crippen molar-refractivity contribution in [3.05, 3.63) is 60.2 Å². The molecule has 0 atom stereocenters. The van der Waals surface area contributed by atoms with E-state index in [0.717, 1.165) is 33.9 Å². The molecule has 1 aliphatic rings. The lowest BCUT2D eigenvalue weighted by Gasteiger charge is -2.10. The maximum atomic E-state index is 12.4. The first kappa shape index (κ1) is 15.0. The number of hydrogen-bond donors (Lipinski definition) is 1. The quantitative estimate of drug-likeness (QED) is 0.744. The molecule has 1 aromatic heterocycles. The van der Waals surface area contributed by atoms with Gasteiger partial charge in [0.25, 0.3) is 5.91 Å². The fraction of sp³-hybridized carbons (Fsp3) is 0.167. The molecule has 0 aliphatic carbocycles. The molecule has 0 saturated carbocycles. The highest BCUT2D eigenvalue weighted by Crippen LogP contribution is 2.21. The van der Waals surface area contributed by atoms with Crippen LogP contribution in [0.25, 0.3) is 11.0 Å². The number of H-pyrrole nitrogens is 1. The first-order valence-electron chi connectivity index (χ1n) is 7.80. The van der Waals surface area contributed by atoms with Gasteiger partial charge >= 0.3 is 0 Å². The second-order valence-corrected chi connectivity index (χ2v) is 6.49. The van der Waals surface area contributed by atoms with Gasteiger partial charge in [-0.25, -0.2) is 9.99 Å². The molecule has 0 saturated heterocycles. The summed E-state index contributed by atoms with van der Waals surface area (Å²) in [5.74, 6) is 0.331. The molecule has 3 aromatic rings. The Morgan fingerprint density at radius 2 is 1.92 bits per heavy atom. The second-order valence-electron chi connectivity index (χ2n) is 5.53. The van der Waals surface area contributed by atoms with Crippen LogP contribution in [0, 0.1) is 0 Å². The topological polar surface area (TPSA) is 61.4 Å². The molecular weight excluding hydrogens is 320 g/mol. The minimum absolute atomic E-state index is 0.00591. The Labute approximate surface area is 143 Å². The van der Waals surface area contributed by atoms with Crippen molar-refractivity contribution >= 4 is 34.4 Å². The van der Waals surface area contributed by atoms with Crippen LogP contribution in [-0.4, -0.2) is 38.9 Å². The lowest BCUT2D eigenvalue weighted by Crippen LogP contribution is -2.25. The number of carbonyl (C=O) groups is 1. The Balaban J connectivity index is 1.40. The van der Waals surface area contributed by atoms with E-state index in [1.54, 1.807) is 5.01 Å². The Kier molecular flexibility index (Phi) is 4.04. The van der Waals surface area contributed by atoms with E-state index >= 15 is 0 Å². The van der Waals surface area contributed by atoms with Crippen LogP contribution in [0.3, 0.4) is 0 Å². The predicted octanol–water partition coefficient (Wildman–Crippen LogP) is 3.29. The number of aromatic amines is 1. The van der Waals surface area contributed by atoms with Crippen LogP contribution < -0.4 is 0 Å². The van der Waals surface area contributed by atoms with E-state index in [0.29, 0.717) is 12.3 Å². The summed E-state index contributed by atoms with van der Waals surface area (Å²) in [7, 11) is 0. The number of nitrogens with one attached hydrogen (secondary N) is 1. The number of rotatable bonds is 4. The molecular formula is C18H16N4OS. The number of para-hydroxylation sites is 2. The minimum atomic E-state index is 0.00591. The van der Waals surface area contributed by atoms with E-state index in [2.05, 4.69) is 15.1 Å². The van der Waals surface area contributed by atoms with Gasteiger partial charge in [-0.2, -0.15) is 5.10 Å². The molecule has 5 nitrogen and oxygen atoms in total. The van der Waals surface area contributed by atoms with E-state index in [1.165, 1.54) is 11.8 Å². The SMILES string of the molecule is O=C(CSc1nc2ccccc2[nH]1)N1CCC(c2ccccc2)=N1. The maximum absolute atomic E-state index is 12.4. The summed E-state index contributed by atoms with van der Waals surface area (Å²) in [6.45, 7) is 0.643. The zero-order valence-electron chi connectivity index (χ0n) is 13.0. The van der Waals surface area contributed by atoms with Crippen LogP contribution in [0.1, 0.15) is 12.0 Å². The largest absolute Gasteiger partial charge is 0.333 e. The monoisotopic (exact) mass is 336 g/mol. The van der Waals surface area contributed by atoms with Crippen LogP contribution in [-0.2, 0) is 4.79 Å². The molecule has 0 radical (unpaired) electrons.